The van der Waals surface area contributed by atoms with Gasteiger partial charge in [0.1, 0.15) is 16.5 Å². The van der Waals surface area contributed by atoms with Gasteiger partial charge in [-0.05, 0) is 44.0 Å². The number of guanidine groups is 1. The molecule has 2 N–H and O–H groups in total. The lowest BCUT2D eigenvalue weighted by atomic mass is 10.1. The molecule has 25 heavy (non-hydrogen) atoms. The highest BCUT2D eigenvalue weighted by Gasteiger charge is 2.06. The molecule has 0 saturated carbocycles. The molecule has 1 aromatic heterocycles. The Balaban J connectivity index is 1.94. The summed E-state index contributed by atoms with van der Waals surface area (Å²) in [6.45, 7) is 6.24. The van der Waals surface area contributed by atoms with Gasteiger partial charge in [-0.3, -0.25) is 0 Å². The van der Waals surface area contributed by atoms with Gasteiger partial charge in [0.05, 0.1) is 20.8 Å². The second-order valence-corrected chi connectivity index (χ2v) is 6.73. The first-order chi connectivity index (χ1) is 12.2. The molecule has 0 atom stereocenters. The summed E-state index contributed by atoms with van der Waals surface area (Å²) >= 11 is 1.67. The van der Waals surface area contributed by atoms with Gasteiger partial charge in [0.2, 0.25) is 0 Å². The molecular formula is C18H26N4O2S. The Morgan fingerprint density at radius 1 is 1.24 bits per heavy atom. The van der Waals surface area contributed by atoms with Crippen LogP contribution in [0, 0.1) is 6.92 Å². The molecule has 2 rings (SSSR count). The largest absolute Gasteiger partial charge is 0.497 e. The van der Waals surface area contributed by atoms with Crippen molar-refractivity contribution in [1.29, 1.82) is 0 Å². The highest BCUT2D eigenvalue weighted by atomic mass is 32.1. The number of nitrogens with one attached hydrogen (secondary N) is 2. The highest BCUT2D eigenvalue weighted by Crippen LogP contribution is 2.24. The Bertz CT molecular complexity index is 700. The summed E-state index contributed by atoms with van der Waals surface area (Å²) in [5.74, 6) is 2.48. The van der Waals surface area contributed by atoms with Crippen LogP contribution < -0.4 is 20.1 Å². The number of nitrogens with zero attached hydrogens (tertiary/aromatic N) is 2. The SMILES string of the molecule is CCNC(=NCc1ncc(C)s1)NCCc1cc(OC)ccc1OC. The van der Waals surface area contributed by atoms with Gasteiger partial charge in [-0.1, -0.05) is 0 Å². The minimum absolute atomic E-state index is 0.580. The zero-order chi connectivity index (χ0) is 18.1. The van der Waals surface area contributed by atoms with Crippen LogP contribution in [0.1, 0.15) is 22.4 Å². The molecule has 0 fully saturated rings. The molecule has 1 heterocycles. The lowest BCUT2D eigenvalue weighted by Crippen LogP contribution is -2.38. The van der Waals surface area contributed by atoms with Crippen molar-refractivity contribution in [2.24, 2.45) is 4.99 Å². The maximum Gasteiger partial charge on any atom is 0.191 e. The normalized spacial score (nSPS) is 11.3. The van der Waals surface area contributed by atoms with Crippen molar-refractivity contribution in [3.63, 3.8) is 0 Å². The monoisotopic (exact) mass is 362 g/mol. The number of hydrogen-bond donors (Lipinski definition) is 2. The number of aliphatic imine (C=N–C) groups is 1. The minimum Gasteiger partial charge on any atom is -0.497 e. The van der Waals surface area contributed by atoms with Crippen LogP contribution in [0.5, 0.6) is 11.5 Å². The first-order valence-corrected chi connectivity index (χ1v) is 9.12. The van der Waals surface area contributed by atoms with Crippen molar-refractivity contribution >= 4 is 17.3 Å². The molecule has 0 spiro atoms. The number of benzene rings is 1. The van der Waals surface area contributed by atoms with Gasteiger partial charge in [0, 0.05) is 24.2 Å². The Kier molecular flexibility index (Phi) is 7.53. The quantitative estimate of drug-likeness (QED) is 0.558. The van der Waals surface area contributed by atoms with Crippen LogP contribution in [0.2, 0.25) is 0 Å². The third-order valence-corrected chi connectivity index (χ3v) is 4.46. The summed E-state index contributed by atoms with van der Waals surface area (Å²) in [6.07, 6.45) is 2.69. The molecule has 136 valence electrons. The standard InChI is InChI=1S/C18H26N4O2S/c1-5-19-18(22-12-17-21-11-13(2)25-17)20-9-8-14-10-15(23-3)6-7-16(14)24-4/h6-7,10-11H,5,8-9,12H2,1-4H3,(H2,19,20,22). The van der Waals surface area contributed by atoms with E-state index in [9.17, 15) is 0 Å². The predicted octanol–water partition coefficient (Wildman–Crippen LogP) is 2.77. The minimum atomic E-state index is 0.580. The highest BCUT2D eigenvalue weighted by molar-refractivity contribution is 7.11. The fraction of sp³-hybridized carbons (Fsp3) is 0.444. The molecule has 0 aliphatic carbocycles. The summed E-state index contributed by atoms with van der Waals surface area (Å²) < 4.78 is 10.7. The number of methoxy groups -OCH3 is 2. The van der Waals surface area contributed by atoms with E-state index in [1.54, 1.807) is 25.6 Å². The maximum atomic E-state index is 5.42. The molecule has 0 amide bonds. The Labute approximate surface area is 153 Å². The molecule has 6 nitrogen and oxygen atoms in total. The zero-order valence-corrected chi connectivity index (χ0v) is 16.1. The van der Waals surface area contributed by atoms with Crippen molar-refractivity contribution in [2.75, 3.05) is 27.3 Å². The second-order valence-electron chi connectivity index (χ2n) is 5.41. The number of hydrogen-bond acceptors (Lipinski definition) is 5. The third-order valence-electron chi connectivity index (χ3n) is 3.56. The van der Waals surface area contributed by atoms with Gasteiger partial charge in [0.15, 0.2) is 5.96 Å². The number of aryl methyl sites for hydroxylation is 1. The summed E-state index contributed by atoms with van der Waals surface area (Å²) in [6, 6.07) is 5.83. The van der Waals surface area contributed by atoms with Crippen LogP contribution in [0.25, 0.3) is 0 Å². The van der Waals surface area contributed by atoms with E-state index in [2.05, 4.69) is 34.5 Å². The Morgan fingerprint density at radius 3 is 2.72 bits per heavy atom. The predicted molar refractivity (Wildman–Crippen MR) is 103 cm³/mol. The molecule has 7 heteroatoms. The molecule has 0 bridgehead atoms. The molecule has 0 unspecified atom stereocenters. The molecule has 0 saturated heterocycles. The van der Waals surface area contributed by atoms with Gasteiger partial charge in [0.25, 0.3) is 0 Å². The van der Waals surface area contributed by atoms with Crippen molar-refractivity contribution in [3.05, 3.63) is 39.8 Å². The van der Waals surface area contributed by atoms with Crippen LogP contribution in [-0.4, -0.2) is 38.3 Å². The first kappa shape index (κ1) is 19.1. The van der Waals surface area contributed by atoms with E-state index >= 15 is 0 Å². The van der Waals surface area contributed by atoms with E-state index in [4.69, 9.17) is 9.47 Å². The molecular weight excluding hydrogens is 336 g/mol. The fourth-order valence-electron chi connectivity index (χ4n) is 2.36. The van der Waals surface area contributed by atoms with Gasteiger partial charge in [-0.15, -0.1) is 11.3 Å². The Morgan fingerprint density at radius 2 is 2.08 bits per heavy atom. The number of rotatable bonds is 8. The molecule has 0 aliphatic heterocycles. The van der Waals surface area contributed by atoms with E-state index in [-0.39, 0.29) is 0 Å². The van der Waals surface area contributed by atoms with E-state index in [1.165, 1.54) is 4.88 Å². The summed E-state index contributed by atoms with van der Waals surface area (Å²) in [7, 11) is 3.35. The number of ether oxygens (including phenoxy) is 2. The van der Waals surface area contributed by atoms with Crippen LogP contribution in [0.15, 0.2) is 29.4 Å². The lowest BCUT2D eigenvalue weighted by molar-refractivity contribution is 0.398. The lowest BCUT2D eigenvalue weighted by Gasteiger charge is -2.13. The van der Waals surface area contributed by atoms with Gasteiger partial charge in [-0.25, -0.2) is 9.98 Å². The molecule has 0 aliphatic rings. The summed E-state index contributed by atoms with van der Waals surface area (Å²) in [5.41, 5.74) is 1.10. The van der Waals surface area contributed by atoms with E-state index in [1.807, 2.05) is 24.4 Å². The second kappa shape index (κ2) is 9.88. The van der Waals surface area contributed by atoms with Crippen LogP contribution in [0.3, 0.4) is 0 Å². The van der Waals surface area contributed by atoms with E-state index < -0.39 is 0 Å². The van der Waals surface area contributed by atoms with Crippen molar-refractivity contribution in [1.82, 2.24) is 15.6 Å². The first-order valence-electron chi connectivity index (χ1n) is 8.30. The van der Waals surface area contributed by atoms with Crippen LogP contribution >= 0.6 is 11.3 Å². The zero-order valence-electron chi connectivity index (χ0n) is 15.3. The maximum absolute atomic E-state index is 5.42. The third kappa shape index (κ3) is 5.94. The van der Waals surface area contributed by atoms with Crippen LogP contribution in [0.4, 0.5) is 0 Å². The number of aromatic nitrogens is 1. The average molecular weight is 362 g/mol. The summed E-state index contributed by atoms with van der Waals surface area (Å²) in [4.78, 5) is 10.1. The van der Waals surface area contributed by atoms with Gasteiger partial charge in [-0.2, -0.15) is 0 Å². The number of thiazole rings is 1. The molecule has 2 aromatic rings. The fourth-order valence-corrected chi connectivity index (χ4v) is 3.07. The smallest absolute Gasteiger partial charge is 0.191 e. The van der Waals surface area contributed by atoms with Crippen molar-refractivity contribution < 1.29 is 9.47 Å². The van der Waals surface area contributed by atoms with Crippen molar-refractivity contribution in [3.8, 4) is 11.5 Å². The van der Waals surface area contributed by atoms with E-state index in [0.717, 1.165) is 47.5 Å². The van der Waals surface area contributed by atoms with Crippen molar-refractivity contribution in [2.45, 2.75) is 26.8 Å². The Hall–Kier alpha value is -2.28. The van der Waals surface area contributed by atoms with Gasteiger partial charge < -0.3 is 20.1 Å². The summed E-state index contributed by atoms with van der Waals surface area (Å²) in [5, 5.41) is 7.63. The van der Waals surface area contributed by atoms with Crippen LogP contribution in [-0.2, 0) is 13.0 Å². The van der Waals surface area contributed by atoms with Gasteiger partial charge >= 0.3 is 0 Å². The molecule has 0 radical (unpaired) electrons. The topological polar surface area (TPSA) is 67.8 Å². The van der Waals surface area contributed by atoms with E-state index in [0.29, 0.717) is 6.54 Å². The molecule has 1 aromatic carbocycles. The average Bonchev–Trinajstić information content (AvgIpc) is 3.04.